The molecule has 4 heterocycles. The molecule has 0 saturated carbocycles. The van der Waals surface area contributed by atoms with Crippen LogP contribution < -0.4 is 5.56 Å². The minimum atomic E-state index is -0.218. The lowest BCUT2D eigenvalue weighted by Crippen LogP contribution is -2.40. The van der Waals surface area contributed by atoms with Crippen LogP contribution in [0.4, 0.5) is 0 Å². The van der Waals surface area contributed by atoms with Crippen molar-refractivity contribution in [1.82, 2.24) is 19.8 Å². The maximum atomic E-state index is 12.8. The number of aromatic amines is 1. The van der Waals surface area contributed by atoms with Crippen LogP contribution >= 0.6 is 11.3 Å². The Kier molecular flexibility index (Phi) is 5.77. The van der Waals surface area contributed by atoms with Gasteiger partial charge in [0, 0.05) is 26.6 Å². The summed E-state index contributed by atoms with van der Waals surface area (Å²) in [6.45, 7) is 1.83. The molecule has 154 valence electrons. The fraction of sp³-hybridized carbons (Fsp3) is 0.500. The summed E-state index contributed by atoms with van der Waals surface area (Å²) in [5.74, 6) is 0.511. The fourth-order valence-corrected chi connectivity index (χ4v) is 4.70. The van der Waals surface area contributed by atoms with Gasteiger partial charge < -0.3 is 19.5 Å². The van der Waals surface area contributed by atoms with Crippen molar-refractivity contribution in [2.75, 3.05) is 26.8 Å². The number of hydrogen-bond acceptors (Lipinski definition) is 6. The molecule has 8 nitrogen and oxygen atoms in total. The first kappa shape index (κ1) is 19.8. The maximum Gasteiger partial charge on any atom is 0.264 e. The van der Waals surface area contributed by atoms with E-state index in [4.69, 9.17) is 9.72 Å². The molecule has 1 N–H and O–H groups in total. The predicted molar refractivity (Wildman–Crippen MR) is 108 cm³/mol. The molecule has 0 aromatic carbocycles. The Morgan fingerprint density at radius 3 is 3.00 bits per heavy atom. The number of amides is 2. The Hall–Kier alpha value is -2.52. The van der Waals surface area contributed by atoms with Crippen LogP contribution in [0.25, 0.3) is 0 Å². The highest BCUT2D eigenvalue weighted by Gasteiger charge is 2.33. The van der Waals surface area contributed by atoms with Gasteiger partial charge in [-0.25, -0.2) is 4.98 Å². The predicted octanol–water partition coefficient (Wildman–Crippen LogP) is 1.73. The number of ether oxygens (including phenoxy) is 1. The quantitative estimate of drug-likeness (QED) is 0.801. The molecule has 0 radical (unpaired) electrons. The molecule has 4 rings (SSSR count). The van der Waals surface area contributed by atoms with Crippen molar-refractivity contribution in [2.45, 2.75) is 38.3 Å². The highest BCUT2D eigenvalue weighted by atomic mass is 32.1. The van der Waals surface area contributed by atoms with E-state index in [1.165, 1.54) is 11.3 Å². The number of hydrogen-bond donors (Lipinski definition) is 1. The zero-order valence-electron chi connectivity index (χ0n) is 16.3. The number of nitrogens with one attached hydrogen (secondary N) is 1. The lowest BCUT2D eigenvalue weighted by molar-refractivity contribution is -0.133. The molecule has 29 heavy (non-hydrogen) atoms. The van der Waals surface area contributed by atoms with E-state index in [9.17, 15) is 14.4 Å². The summed E-state index contributed by atoms with van der Waals surface area (Å²) in [5, 5.41) is 1.87. The second-order valence-electron chi connectivity index (χ2n) is 7.32. The molecule has 1 unspecified atom stereocenters. The van der Waals surface area contributed by atoms with Gasteiger partial charge in [0.2, 0.25) is 5.91 Å². The first-order chi connectivity index (χ1) is 14.1. The molecule has 0 spiro atoms. The minimum absolute atomic E-state index is 0.0161. The number of likely N-dealkylation sites (tertiary alicyclic amines) is 1. The van der Waals surface area contributed by atoms with Gasteiger partial charge in [-0.1, -0.05) is 6.07 Å². The second-order valence-corrected chi connectivity index (χ2v) is 8.27. The fourth-order valence-electron chi connectivity index (χ4n) is 4.01. The van der Waals surface area contributed by atoms with Gasteiger partial charge in [-0.2, -0.15) is 0 Å². The molecule has 2 aromatic rings. The van der Waals surface area contributed by atoms with Crippen molar-refractivity contribution in [3.8, 4) is 0 Å². The summed E-state index contributed by atoms with van der Waals surface area (Å²) < 4.78 is 5.01. The SMILES string of the molecule is COCCC(=O)N1CCCC1c1nc2c(c(=O)[nH]1)CN(C(=O)c1cccs1)CC2. The standard InChI is InChI=1S/C20H24N4O4S/c1-28-10-7-17(25)24-8-2-4-15(24)18-21-14-6-9-23(12-13(14)19(26)22-18)20(27)16-5-3-11-29-16/h3,5,11,15H,2,4,6-10,12H2,1H3,(H,21,22,26). The van der Waals surface area contributed by atoms with E-state index in [1.54, 1.807) is 23.0 Å². The summed E-state index contributed by atoms with van der Waals surface area (Å²) in [5.41, 5.74) is 1.06. The van der Waals surface area contributed by atoms with Crippen LogP contribution in [-0.2, 0) is 22.5 Å². The molecule has 9 heteroatoms. The number of H-pyrrole nitrogens is 1. The molecule has 0 bridgehead atoms. The molecule has 2 aliphatic rings. The zero-order valence-corrected chi connectivity index (χ0v) is 17.2. The van der Waals surface area contributed by atoms with Crippen LogP contribution in [0.5, 0.6) is 0 Å². The number of carbonyl (C=O) groups excluding carboxylic acids is 2. The van der Waals surface area contributed by atoms with Crippen molar-refractivity contribution in [1.29, 1.82) is 0 Å². The summed E-state index contributed by atoms with van der Waals surface area (Å²) >= 11 is 1.40. The van der Waals surface area contributed by atoms with Crippen LogP contribution in [-0.4, -0.2) is 58.4 Å². The molecule has 2 amide bonds. The van der Waals surface area contributed by atoms with Crippen LogP contribution in [0.1, 0.15) is 52.1 Å². The minimum Gasteiger partial charge on any atom is -0.384 e. The van der Waals surface area contributed by atoms with Gasteiger partial charge in [0.1, 0.15) is 5.82 Å². The number of fused-ring (bicyclic) bond motifs is 1. The molecule has 2 aliphatic heterocycles. The highest BCUT2D eigenvalue weighted by molar-refractivity contribution is 7.12. The van der Waals surface area contributed by atoms with E-state index < -0.39 is 0 Å². The van der Waals surface area contributed by atoms with Gasteiger partial charge in [0.25, 0.3) is 11.5 Å². The number of aromatic nitrogens is 2. The van der Waals surface area contributed by atoms with Crippen LogP contribution in [0.2, 0.25) is 0 Å². The number of nitrogens with zero attached hydrogens (tertiary/aromatic N) is 3. The average Bonchev–Trinajstić information content (AvgIpc) is 3.43. The van der Waals surface area contributed by atoms with E-state index in [-0.39, 0.29) is 30.0 Å². The van der Waals surface area contributed by atoms with Crippen LogP contribution in [0.3, 0.4) is 0 Å². The van der Waals surface area contributed by atoms with Gasteiger partial charge in [-0.15, -0.1) is 11.3 Å². The van der Waals surface area contributed by atoms with E-state index in [0.29, 0.717) is 48.8 Å². The van der Waals surface area contributed by atoms with E-state index in [1.807, 2.05) is 11.4 Å². The lowest BCUT2D eigenvalue weighted by atomic mass is 10.1. The van der Waals surface area contributed by atoms with Crippen LogP contribution in [0.15, 0.2) is 22.3 Å². The average molecular weight is 417 g/mol. The monoisotopic (exact) mass is 416 g/mol. The van der Waals surface area contributed by atoms with E-state index in [2.05, 4.69) is 4.98 Å². The number of thiophene rings is 1. The summed E-state index contributed by atoms with van der Waals surface area (Å²) in [6.07, 6.45) is 2.52. The van der Waals surface area contributed by atoms with Gasteiger partial charge in [-0.3, -0.25) is 14.4 Å². The Labute approximate surface area is 172 Å². The smallest absolute Gasteiger partial charge is 0.264 e. The maximum absolute atomic E-state index is 12.8. The first-order valence-corrected chi connectivity index (χ1v) is 10.7. The number of rotatable bonds is 5. The normalized spacial score (nSPS) is 18.7. The molecule has 1 atom stereocenters. The summed E-state index contributed by atoms with van der Waals surface area (Å²) in [6, 6.07) is 3.43. The third kappa shape index (κ3) is 3.97. The first-order valence-electron chi connectivity index (χ1n) is 9.81. The van der Waals surface area contributed by atoms with Crippen molar-refractivity contribution < 1.29 is 14.3 Å². The van der Waals surface area contributed by atoms with E-state index in [0.717, 1.165) is 18.5 Å². The van der Waals surface area contributed by atoms with Crippen molar-refractivity contribution in [3.05, 3.63) is 49.8 Å². The summed E-state index contributed by atoms with van der Waals surface area (Å²) in [4.78, 5) is 49.6. The Morgan fingerprint density at radius 1 is 1.38 bits per heavy atom. The van der Waals surface area contributed by atoms with Crippen molar-refractivity contribution in [2.24, 2.45) is 0 Å². The molecule has 2 aromatic heterocycles. The van der Waals surface area contributed by atoms with Gasteiger partial charge in [0.15, 0.2) is 0 Å². The lowest BCUT2D eigenvalue weighted by Gasteiger charge is -2.29. The molecule has 0 aliphatic carbocycles. The molecular weight excluding hydrogens is 392 g/mol. The largest absolute Gasteiger partial charge is 0.384 e. The molecular formula is C20H24N4O4S. The Bertz CT molecular complexity index is 956. The number of methoxy groups -OCH3 is 1. The van der Waals surface area contributed by atoms with Crippen molar-refractivity contribution >= 4 is 23.2 Å². The second kappa shape index (κ2) is 8.46. The van der Waals surface area contributed by atoms with Gasteiger partial charge in [-0.05, 0) is 24.3 Å². The number of carbonyl (C=O) groups is 2. The van der Waals surface area contributed by atoms with Crippen LogP contribution in [0, 0.1) is 0 Å². The third-order valence-electron chi connectivity index (χ3n) is 5.51. The molecule has 1 fully saturated rings. The van der Waals surface area contributed by atoms with E-state index >= 15 is 0 Å². The topological polar surface area (TPSA) is 95.6 Å². The molecule has 1 saturated heterocycles. The zero-order chi connectivity index (χ0) is 20.4. The Morgan fingerprint density at radius 2 is 2.24 bits per heavy atom. The third-order valence-corrected chi connectivity index (χ3v) is 6.37. The van der Waals surface area contributed by atoms with Gasteiger partial charge in [0.05, 0.1) is 41.7 Å². The van der Waals surface area contributed by atoms with Crippen molar-refractivity contribution in [3.63, 3.8) is 0 Å². The van der Waals surface area contributed by atoms with Gasteiger partial charge >= 0.3 is 0 Å². The summed E-state index contributed by atoms with van der Waals surface area (Å²) in [7, 11) is 1.57. The Balaban J connectivity index is 1.54. The highest BCUT2D eigenvalue weighted by Crippen LogP contribution is 2.30.